The molecular formula is C15H16N2O4. The fourth-order valence-electron chi connectivity index (χ4n) is 1.89. The predicted octanol–water partition coefficient (Wildman–Crippen LogP) is 2.71. The van der Waals surface area contributed by atoms with E-state index >= 15 is 0 Å². The van der Waals surface area contributed by atoms with E-state index in [0.29, 0.717) is 17.0 Å². The smallest absolute Gasteiger partial charge is 0.292 e. The largest absolute Gasteiger partial charge is 0.489 e. The second-order valence-corrected chi connectivity index (χ2v) is 4.45. The van der Waals surface area contributed by atoms with Crippen LogP contribution < -0.4 is 10.1 Å². The predicted molar refractivity (Wildman–Crippen MR) is 79.3 cm³/mol. The summed E-state index contributed by atoms with van der Waals surface area (Å²) in [5.41, 5.74) is 2.01. The summed E-state index contributed by atoms with van der Waals surface area (Å²) in [6.45, 7) is 0.223. The molecule has 0 saturated carbocycles. The Morgan fingerprint density at radius 2 is 1.86 bits per heavy atom. The molecule has 2 N–H and O–H groups in total. The van der Waals surface area contributed by atoms with Gasteiger partial charge in [-0.05, 0) is 29.3 Å². The molecule has 2 aromatic carbocycles. The lowest BCUT2D eigenvalue weighted by atomic mass is 10.2. The normalized spacial score (nSPS) is 10.2. The monoisotopic (exact) mass is 288 g/mol. The van der Waals surface area contributed by atoms with Crippen molar-refractivity contribution in [3.05, 3.63) is 63.7 Å². The third-order valence-electron chi connectivity index (χ3n) is 3.04. The van der Waals surface area contributed by atoms with Crippen molar-refractivity contribution in [2.24, 2.45) is 0 Å². The van der Waals surface area contributed by atoms with Crippen LogP contribution in [0.15, 0.2) is 42.5 Å². The third kappa shape index (κ3) is 3.70. The molecule has 0 atom stereocenters. The van der Waals surface area contributed by atoms with Gasteiger partial charge in [0.05, 0.1) is 11.5 Å². The van der Waals surface area contributed by atoms with Crippen LogP contribution in [0.5, 0.6) is 5.75 Å². The van der Waals surface area contributed by atoms with Crippen molar-refractivity contribution in [1.29, 1.82) is 0 Å². The van der Waals surface area contributed by atoms with E-state index in [0.717, 1.165) is 5.56 Å². The van der Waals surface area contributed by atoms with Crippen LogP contribution in [-0.4, -0.2) is 17.1 Å². The number of anilines is 1. The summed E-state index contributed by atoms with van der Waals surface area (Å²) in [6.07, 6.45) is 0. The molecular weight excluding hydrogens is 272 g/mol. The highest BCUT2D eigenvalue weighted by atomic mass is 16.6. The van der Waals surface area contributed by atoms with Gasteiger partial charge in [-0.3, -0.25) is 10.1 Å². The minimum atomic E-state index is -0.425. The first-order valence-electron chi connectivity index (χ1n) is 6.41. The first-order chi connectivity index (χ1) is 10.1. The molecule has 2 rings (SSSR count). The van der Waals surface area contributed by atoms with Gasteiger partial charge in [-0.25, -0.2) is 0 Å². The molecule has 0 fully saturated rings. The maximum atomic E-state index is 11.0. The highest BCUT2D eigenvalue weighted by Crippen LogP contribution is 2.25. The number of nitrogens with one attached hydrogen (secondary N) is 1. The molecule has 21 heavy (non-hydrogen) atoms. The van der Waals surface area contributed by atoms with E-state index in [-0.39, 0.29) is 18.9 Å². The van der Waals surface area contributed by atoms with Gasteiger partial charge >= 0.3 is 0 Å². The number of ether oxygens (including phenoxy) is 1. The van der Waals surface area contributed by atoms with E-state index in [2.05, 4.69) is 5.32 Å². The Kier molecular flexibility index (Phi) is 4.73. The standard InChI is InChI=1S/C15H16N2O4/c1-16-14-7-4-12(8-15(14)17(19)20)10-21-13-5-2-11(9-18)3-6-13/h2-8,16,18H,9-10H2,1H3. The van der Waals surface area contributed by atoms with E-state index in [4.69, 9.17) is 9.84 Å². The highest BCUT2D eigenvalue weighted by Gasteiger charge is 2.13. The van der Waals surface area contributed by atoms with E-state index < -0.39 is 4.92 Å². The Labute approximate surface area is 122 Å². The number of benzene rings is 2. The molecule has 0 aliphatic carbocycles. The first kappa shape index (κ1) is 14.8. The van der Waals surface area contributed by atoms with Crippen LogP contribution in [0, 0.1) is 10.1 Å². The van der Waals surface area contributed by atoms with Crippen molar-refractivity contribution >= 4 is 11.4 Å². The summed E-state index contributed by atoms with van der Waals surface area (Å²) >= 11 is 0. The topological polar surface area (TPSA) is 84.6 Å². The fraction of sp³-hybridized carbons (Fsp3) is 0.200. The summed E-state index contributed by atoms with van der Waals surface area (Å²) in [7, 11) is 1.64. The van der Waals surface area contributed by atoms with Gasteiger partial charge in [0, 0.05) is 13.1 Å². The average molecular weight is 288 g/mol. The summed E-state index contributed by atoms with van der Waals surface area (Å²) in [5, 5.41) is 22.7. The van der Waals surface area contributed by atoms with Crippen molar-refractivity contribution in [3.63, 3.8) is 0 Å². The van der Waals surface area contributed by atoms with E-state index in [1.807, 2.05) is 0 Å². The van der Waals surface area contributed by atoms with Crippen LogP contribution in [0.2, 0.25) is 0 Å². The summed E-state index contributed by atoms with van der Waals surface area (Å²) in [4.78, 5) is 10.6. The Balaban J connectivity index is 2.08. The summed E-state index contributed by atoms with van der Waals surface area (Å²) in [5.74, 6) is 0.646. The van der Waals surface area contributed by atoms with Gasteiger partial charge in [-0.1, -0.05) is 18.2 Å². The maximum Gasteiger partial charge on any atom is 0.292 e. The van der Waals surface area contributed by atoms with Gasteiger partial charge in [0.25, 0.3) is 5.69 Å². The van der Waals surface area contributed by atoms with Crippen LogP contribution in [-0.2, 0) is 13.2 Å². The van der Waals surface area contributed by atoms with Crippen LogP contribution >= 0.6 is 0 Å². The van der Waals surface area contributed by atoms with Gasteiger partial charge in [-0.2, -0.15) is 0 Å². The average Bonchev–Trinajstić information content (AvgIpc) is 2.53. The molecule has 0 heterocycles. The molecule has 0 aliphatic heterocycles. The van der Waals surface area contributed by atoms with Crippen LogP contribution in [0.25, 0.3) is 0 Å². The van der Waals surface area contributed by atoms with Gasteiger partial charge < -0.3 is 15.2 Å². The number of hydrogen-bond acceptors (Lipinski definition) is 5. The molecule has 6 nitrogen and oxygen atoms in total. The van der Waals surface area contributed by atoms with E-state index in [1.54, 1.807) is 43.4 Å². The Morgan fingerprint density at radius 1 is 1.19 bits per heavy atom. The van der Waals surface area contributed by atoms with Crippen molar-refractivity contribution < 1.29 is 14.8 Å². The van der Waals surface area contributed by atoms with Crippen molar-refractivity contribution in [2.45, 2.75) is 13.2 Å². The molecule has 0 saturated heterocycles. The number of aliphatic hydroxyl groups excluding tert-OH is 1. The Hall–Kier alpha value is -2.60. The molecule has 0 bridgehead atoms. The summed E-state index contributed by atoms with van der Waals surface area (Å²) in [6, 6.07) is 12.0. The Bertz CT molecular complexity index is 626. The van der Waals surface area contributed by atoms with Gasteiger partial charge in [0.2, 0.25) is 0 Å². The second-order valence-electron chi connectivity index (χ2n) is 4.45. The summed E-state index contributed by atoms with van der Waals surface area (Å²) < 4.78 is 5.58. The number of hydrogen-bond donors (Lipinski definition) is 2. The van der Waals surface area contributed by atoms with Gasteiger partial charge in [0.15, 0.2) is 0 Å². The molecule has 0 aromatic heterocycles. The molecule has 2 aromatic rings. The highest BCUT2D eigenvalue weighted by molar-refractivity contribution is 5.62. The molecule has 0 unspecified atom stereocenters. The molecule has 0 aliphatic rings. The lowest BCUT2D eigenvalue weighted by Crippen LogP contribution is -2.00. The number of nitro benzene ring substituents is 1. The minimum Gasteiger partial charge on any atom is -0.489 e. The lowest BCUT2D eigenvalue weighted by molar-refractivity contribution is -0.384. The lowest BCUT2D eigenvalue weighted by Gasteiger charge is -2.08. The first-order valence-corrected chi connectivity index (χ1v) is 6.41. The molecule has 110 valence electrons. The SMILES string of the molecule is CNc1ccc(COc2ccc(CO)cc2)cc1[N+](=O)[O-]. The van der Waals surface area contributed by atoms with Crippen LogP contribution in [0.1, 0.15) is 11.1 Å². The molecule has 0 amide bonds. The molecule has 0 radical (unpaired) electrons. The molecule has 6 heteroatoms. The molecule has 0 spiro atoms. The zero-order valence-corrected chi connectivity index (χ0v) is 11.6. The zero-order chi connectivity index (χ0) is 15.2. The van der Waals surface area contributed by atoms with E-state index in [1.165, 1.54) is 6.07 Å². The van der Waals surface area contributed by atoms with E-state index in [9.17, 15) is 10.1 Å². The van der Waals surface area contributed by atoms with Crippen LogP contribution in [0.4, 0.5) is 11.4 Å². The third-order valence-corrected chi connectivity index (χ3v) is 3.04. The van der Waals surface area contributed by atoms with Gasteiger partial charge in [0.1, 0.15) is 18.0 Å². The quantitative estimate of drug-likeness (QED) is 0.630. The fourth-order valence-corrected chi connectivity index (χ4v) is 1.89. The second kappa shape index (κ2) is 6.71. The van der Waals surface area contributed by atoms with Crippen molar-refractivity contribution in [2.75, 3.05) is 12.4 Å². The number of rotatable bonds is 6. The number of aliphatic hydroxyl groups is 1. The number of nitro groups is 1. The zero-order valence-electron chi connectivity index (χ0n) is 11.6. The minimum absolute atomic E-state index is 0.0159. The van der Waals surface area contributed by atoms with Gasteiger partial charge in [-0.15, -0.1) is 0 Å². The van der Waals surface area contributed by atoms with Crippen molar-refractivity contribution in [3.8, 4) is 5.75 Å². The van der Waals surface area contributed by atoms with Crippen molar-refractivity contribution in [1.82, 2.24) is 0 Å². The maximum absolute atomic E-state index is 11.0. The van der Waals surface area contributed by atoms with Crippen LogP contribution in [0.3, 0.4) is 0 Å². The Morgan fingerprint density at radius 3 is 2.43 bits per heavy atom. The number of nitrogens with zero attached hydrogens (tertiary/aromatic N) is 1.